The summed E-state index contributed by atoms with van der Waals surface area (Å²) in [6, 6.07) is 11.0. The number of aliphatic hydroxyl groups excluding tert-OH is 1. The lowest BCUT2D eigenvalue weighted by Crippen LogP contribution is -2.31. The van der Waals surface area contributed by atoms with E-state index in [1.807, 2.05) is 13.8 Å². The van der Waals surface area contributed by atoms with Gasteiger partial charge in [-0.15, -0.1) is 0 Å². The molecule has 1 saturated heterocycles. The molecule has 7 heteroatoms. The van der Waals surface area contributed by atoms with Gasteiger partial charge in [0.05, 0.1) is 17.4 Å². The molecule has 0 bridgehead atoms. The molecule has 29 heavy (non-hydrogen) atoms. The summed E-state index contributed by atoms with van der Waals surface area (Å²) in [6.45, 7) is 4.65. The van der Waals surface area contributed by atoms with Gasteiger partial charge < -0.3 is 14.7 Å². The van der Waals surface area contributed by atoms with Crippen LogP contribution in [0.5, 0.6) is 0 Å². The van der Waals surface area contributed by atoms with E-state index >= 15 is 0 Å². The fourth-order valence-corrected chi connectivity index (χ4v) is 3.40. The van der Waals surface area contributed by atoms with Gasteiger partial charge in [-0.05, 0) is 56.7 Å². The first kappa shape index (κ1) is 21.0. The first-order valence-corrected chi connectivity index (χ1v) is 9.85. The van der Waals surface area contributed by atoms with Gasteiger partial charge in [0.15, 0.2) is 0 Å². The number of ketones is 1. The fourth-order valence-electron chi connectivity index (χ4n) is 3.27. The standard InChI is InChI=1S/C22H23ClN2O4/c1-14(2)29-13-5-12-25-19(17-6-3-4-11-24-17)18(21(27)22(25)28)20(26)15-7-9-16(23)10-8-15/h3-4,6-11,14,19,26H,5,12-13H2,1-2H3/t19-/m0/s1. The molecule has 1 aromatic heterocycles. The molecule has 1 fully saturated rings. The molecule has 2 aromatic rings. The highest BCUT2D eigenvalue weighted by atomic mass is 35.5. The summed E-state index contributed by atoms with van der Waals surface area (Å²) >= 11 is 5.92. The number of benzene rings is 1. The Morgan fingerprint density at radius 1 is 1.21 bits per heavy atom. The van der Waals surface area contributed by atoms with Gasteiger partial charge in [0, 0.05) is 29.9 Å². The van der Waals surface area contributed by atoms with Crippen LogP contribution in [0, 0.1) is 0 Å². The minimum absolute atomic E-state index is 0.0285. The molecule has 0 spiro atoms. The van der Waals surface area contributed by atoms with Gasteiger partial charge in [0.1, 0.15) is 11.8 Å². The smallest absolute Gasteiger partial charge is 0.295 e. The van der Waals surface area contributed by atoms with Gasteiger partial charge in [-0.2, -0.15) is 0 Å². The van der Waals surface area contributed by atoms with Crippen molar-refractivity contribution < 1.29 is 19.4 Å². The Labute approximate surface area is 174 Å². The van der Waals surface area contributed by atoms with Gasteiger partial charge in [-0.1, -0.05) is 17.7 Å². The number of halogens is 1. The van der Waals surface area contributed by atoms with Crippen molar-refractivity contribution in [1.82, 2.24) is 9.88 Å². The summed E-state index contributed by atoms with van der Waals surface area (Å²) in [6.07, 6.45) is 2.25. The average Bonchev–Trinajstić information content (AvgIpc) is 2.96. The number of hydrogen-bond donors (Lipinski definition) is 1. The second-order valence-electron chi connectivity index (χ2n) is 7.03. The van der Waals surface area contributed by atoms with Crippen LogP contribution < -0.4 is 0 Å². The number of ether oxygens (including phenoxy) is 1. The number of nitrogens with zero attached hydrogens (tertiary/aromatic N) is 2. The molecule has 1 aliphatic rings. The number of aromatic nitrogens is 1. The zero-order chi connectivity index (χ0) is 21.0. The molecule has 1 aliphatic heterocycles. The molecular formula is C22H23ClN2O4. The Hall–Kier alpha value is -2.70. The van der Waals surface area contributed by atoms with Crippen LogP contribution in [0.3, 0.4) is 0 Å². The second kappa shape index (κ2) is 9.20. The van der Waals surface area contributed by atoms with Crippen LogP contribution in [-0.4, -0.2) is 45.9 Å². The molecular weight excluding hydrogens is 392 g/mol. The SMILES string of the molecule is CC(C)OCCCN1C(=O)C(=O)C(=C(O)c2ccc(Cl)cc2)[C@@H]1c1ccccn1. The quantitative estimate of drug-likeness (QED) is 0.321. The second-order valence-corrected chi connectivity index (χ2v) is 7.46. The highest BCUT2D eigenvalue weighted by Crippen LogP contribution is 2.38. The van der Waals surface area contributed by atoms with Crippen LogP contribution in [0.15, 0.2) is 54.2 Å². The van der Waals surface area contributed by atoms with Crippen molar-refractivity contribution in [2.24, 2.45) is 0 Å². The summed E-state index contributed by atoms with van der Waals surface area (Å²) in [5.74, 6) is -1.62. The van der Waals surface area contributed by atoms with E-state index in [0.29, 0.717) is 35.9 Å². The van der Waals surface area contributed by atoms with Crippen molar-refractivity contribution in [3.63, 3.8) is 0 Å². The van der Waals surface area contributed by atoms with Crippen molar-refractivity contribution in [2.75, 3.05) is 13.2 Å². The van der Waals surface area contributed by atoms with Crippen LogP contribution in [0.4, 0.5) is 0 Å². The Balaban J connectivity index is 1.99. The van der Waals surface area contributed by atoms with E-state index in [4.69, 9.17) is 16.3 Å². The zero-order valence-electron chi connectivity index (χ0n) is 16.3. The molecule has 0 unspecified atom stereocenters. The van der Waals surface area contributed by atoms with E-state index < -0.39 is 17.7 Å². The predicted octanol–water partition coefficient (Wildman–Crippen LogP) is 3.97. The van der Waals surface area contributed by atoms with Gasteiger partial charge in [-0.25, -0.2) is 0 Å². The van der Waals surface area contributed by atoms with Crippen LogP contribution in [-0.2, 0) is 14.3 Å². The minimum atomic E-state index is -0.758. The molecule has 0 aliphatic carbocycles. The third-order valence-electron chi connectivity index (χ3n) is 4.62. The number of carbonyl (C=O) groups excluding carboxylic acids is 2. The van der Waals surface area contributed by atoms with E-state index in [1.54, 1.807) is 48.7 Å². The van der Waals surface area contributed by atoms with Gasteiger partial charge in [0.2, 0.25) is 0 Å². The van der Waals surface area contributed by atoms with E-state index in [0.717, 1.165) is 0 Å². The summed E-state index contributed by atoms with van der Waals surface area (Å²) < 4.78 is 5.55. The van der Waals surface area contributed by atoms with Crippen LogP contribution in [0.1, 0.15) is 37.6 Å². The topological polar surface area (TPSA) is 79.7 Å². The minimum Gasteiger partial charge on any atom is -0.507 e. The number of amides is 1. The molecule has 1 amide bonds. The number of rotatable bonds is 7. The maximum absolute atomic E-state index is 12.8. The van der Waals surface area contributed by atoms with E-state index in [9.17, 15) is 14.7 Å². The third-order valence-corrected chi connectivity index (χ3v) is 4.87. The maximum Gasteiger partial charge on any atom is 0.295 e. The summed E-state index contributed by atoms with van der Waals surface area (Å²) in [7, 11) is 0. The normalized spacial score (nSPS) is 18.6. The van der Waals surface area contributed by atoms with Gasteiger partial charge in [0.25, 0.3) is 11.7 Å². The van der Waals surface area contributed by atoms with Crippen molar-refractivity contribution >= 4 is 29.1 Å². The zero-order valence-corrected chi connectivity index (χ0v) is 17.1. The highest BCUT2D eigenvalue weighted by Gasteiger charge is 2.46. The van der Waals surface area contributed by atoms with Crippen molar-refractivity contribution in [2.45, 2.75) is 32.4 Å². The number of aliphatic hydroxyl groups is 1. The molecule has 3 rings (SSSR count). The molecule has 1 N–H and O–H groups in total. The van der Waals surface area contributed by atoms with Crippen LogP contribution in [0.2, 0.25) is 5.02 Å². The Kier molecular flexibility index (Phi) is 6.67. The first-order chi connectivity index (χ1) is 13.9. The Bertz CT molecular complexity index is 910. The fraction of sp³-hybridized carbons (Fsp3) is 0.318. The van der Waals surface area contributed by atoms with Crippen molar-refractivity contribution in [1.29, 1.82) is 0 Å². The average molecular weight is 415 g/mol. The van der Waals surface area contributed by atoms with E-state index in [2.05, 4.69) is 4.98 Å². The number of carbonyl (C=O) groups is 2. The van der Waals surface area contributed by atoms with Crippen LogP contribution >= 0.6 is 11.6 Å². The lowest BCUT2D eigenvalue weighted by atomic mass is 9.98. The molecule has 2 heterocycles. The van der Waals surface area contributed by atoms with Gasteiger partial charge in [-0.3, -0.25) is 14.6 Å². The van der Waals surface area contributed by atoms with Crippen LogP contribution in [0.25, 0.3) is 5.76 Å². The molecule has 0 radical (unpaired) electrons. The summed E-state index contributed by atoms with van der Waals surface area (Å²) in [5, 5.41) is 11.4. The predicted molar refractivity (Wildman–Crippen MR) is 110 cm³/mol. The largest absolute Gasteiger partial charge is 0.507 e. The molecule has 0 saturated carbocycles. The maximum atomic E-state index is 12.8. The van der Waals surface area contributed by atoms with Crippen molar-refractivity contribution in [3.05, 3.63) is 70.5 Å². The third kappa shape index (κ3) is 4.66. The summed E-state index contributed by atoms with van der Waals surface area (Å²) in [5.41, 5.74) is 0.962. The Morgan fingerprint density at radius 3 is 2.55 bits per heavy atom. The monoisotopic (exact) mass is 414 g/mol. The summed E-state index contributed by atoms with van der Waals surface area (Å²) in [4.78, 5) is 31.4. The van der Waals surface area contributed by atoms with E-state index in [1.165, 1.54) is 4.90 Å². The molecule has 1 atom stereocenters. The van der Waals surface area contributed by atoms with Gasteiger partial charge >= 0.3 is 0 Å². The molecule has 152 valence electrons. The van der Waals surface area contributed by atoms with E-state index in [-0.39, 0.29) is 17.4 Å². The lowest BCUT2D eigenvalue weighted by Gasteiger charge is -2.24. The Morgan fingerprint density at radius 2 is 1.93 bits per heavy atom. The molecule has 6 nitrogen and oxygen atoms in total. The number of Topliss-reactive ketones (excluding diaryl/α,β-unsaturated/α-hetero) is 1. The highest BCUT2D eigenvalue weighted by molar-refractivity contribution is 6.46. The number of hydrogen-bond acceptors (Lipinski definition) is 5. The number of likely N-dealkylation sites (tertiary alicyclic amines) is 1. The first-order valence-electron chi connectivity index (χ1n) is 9.47. The molecule has 1 aromatic carbocycles. The van der Waals surface area contributed by atoms with Crippen molar-refractivity contribution in [3.8, 4) is 0 Å². The number of pyridine rings is 1. The lowest BCUT2D eigenvalue weighted by molar-refractivity contribution is -0.140.